The Labute approximate surface area is 125 Å². The SMILES string of the molecule is Cc1ccc(Cl)cc1S(=O)(=O)NCC1(N)CCC1.Cl. The maximum absolute atomic E-state index is 12.2. The van der Waals surface area contributed by atoms with Crippen molar-refractivity contribution >= 4 is 34.0 Å². The summed E-state index contributed by atoms with van der Waals surface area (Å²) >= 11 is 5.83. The van der Waals surface area contributed by atoms with Crippen molar-refractivity contribution in [3.8, 4) is 0 Å². The van der Waals surface area contributed by atoms with Crippen molar-refractivity contribution in [1.29, 1.82) is 0 Å². The van der Waals surface area contributed by atoms with Crippen LogP contribution in [0.1, 0.15) is 24.8 Å². The van der Waals surface area contributed by atoms with Gasteiger partial charge in [0.25, 0.3) is 0 Å². The van der Waals surface area contributed by atoms with Crippen LogP contribution in [0.4, 0.5) is 0 Å². The lowest BCUT2D eigenvalue weighted by Crippen LogP contribution is -2.54. The lowest BCUT2D eigenvalue weighted by molar-refractivity contribution is 0.251. The standard InChI is InChI=1S/C12H17ClN2O2S.ClH/c1-9-3-4-10(13)7-11(9)18(16,17)15-8-12(14)5-2-6-12;/h3-4,7,15H,2,5-6,8,14H2,1H3;1H. The zero-order valence-electron chi connectivity index (χ0n) is 10.6. The van der Waals surface area contributed by atoms with E-state index in [9.17, 15) is 8.42 Å². The molecule has 0 radical (unpaired) electrons. The number of hydrogen-bond acceptors (Lipinski definition) is 3. The summed E-state index contributed by atoms with van der Waals surface area (Å²) < 4.78 is 26.9. The van der Waals surface area contributed by atoms with E-state index < -0.39 is 10.0 Å². The van der Waals surface area contributed by atoms with E-state index in [1.165, 1.54) is 6.07 Å². The zero-order chi connectivity index (χ0) is 13.4. The Kier molecular flexibility index (Phi) is 5.26. The van der Waals surface area contributed by atoms with Crippen LogP contribution < -0.4 is 10.5 Å². The van der Waals surface area contributed by atoms with Crippen LogP contribution in [0.25, 0.3) is 0 Å². The van der Waals surface area contributed by atoms with E-state index in [1.54, 1.807) is 19.1 Å². The smallest absolute Gasteiger partial charge is 0.240 e. The molecule has 4 nitrogen and oxygen atoms in total. The molecule has 0 spiro atoms. The van der Waals surface area contributed by atoms with E-state index >= 15 is 0 Å². The number of nitrogens with two attached hydrogens (primary N) is 1. The summed E-state index contributed by atoms with van der Waals surface area (Å²) in [4.78, 5) is 0.220. The second-order valence-electron chi connectivity index (χ2n) is 4.95. The average Bonchev–Trinajstić information content (AvgIpc) is 2.27. The average molecular weight is 325 g/mol. The van der Waals surface area contributed by atoms with Crippen LogP contribution in [-0.4, -0.2) is 20.5 Å². The summed E-state index contributed by atoms with van der Waals surface area (Å²) in [6.07, 6.45) is 2.79. The first-order valence-corrected chi connectivity index (χ1v) is 7.73. The van der Waals surface area contributed by atoms with Gasteiger partial charge in [0.15, 0.2) is 0 Å². The molecule has 0 saturated heterocycles. The molecule has 108 valence electrons. The third-order valence-corrected chi connectivity index (χ3v) is 5.18. The van der Waals surface area contributed by atoms with Gasteiger partial charge in [0.1, 0.15) is 0 Å². The second-order valence-corrected chi connectivity index (χ2v) is 7.12. The second kappa shape index (κ2) is 5.97. The summed E-state index contributed by atoms with van der Waals surface area (Å²) in [7, 11) is -3.54. The molecule has 1 aromatic rings. The van der Waals surface area contributed by atoms with E-state index in [0.717, 1.165) is 19.3 Å². The van der Waals surface area contributed by atoms with Gasteiger partial charge in [-0.05, 0) is 43.9 Å². The Bertz CT molecular complexity index is 557. The van der Waals surface area contributed by atoms with Gasteiger partial charge in [0.05, 0.1) is 4.90 Å². The fourth-order valence-electron chi connectivity index (χ4n) is 1.99. The molecule has 7 heteroatoms. The van der Waals surface area contributed by atoms with Crippen molar-refractivity contribution in [3.63, 3.8) is 0 Å². The van der Waals surface area contributed by atoms with Crippen LogP contribution >= 0.6 is 24.0 Å². The molecular formula is C12H18Cl2N2O2S. The first kappa shape index (κ1) is 16.7. The monoisotopic (exact) mass is 324 g/mol. The highest BCUT2D eigenvalue weighted by Crippen LogP contribution is 2.29. The number of sulfonamides is 1. The highest BCUT2D eigenvalue weighted by molar-refractivity contribution is 7.89. The Morgan fingerprint density at radius 3 is 2.58 bits per heavy atom. The molecule has 0 bridgehead atoms. The largest absolute Gasteiger partial charge is 0.324 e. The maximum atomic E-state index is 12.2. The van der Waals surface area contributed by atoms with Gasteiger partial charge in [-0.25, -0.2) is 13.1 Å². The Morgan fingerprint density at radius 1 is 1.42 bits per heavy atom. The van der Waals surface area contributed by atoms with Gasteiger partial charge >= 0.3 is 0 Å². The fraction of sp³-hybridized carbons (Fsp3) is 0.500. The van der Waals surface area contributed by atoms with E-state index in [-0.39, 0.29) is 29.4 Å². The van der Waals surface area contributed by atoms with E-state index in [0.29, 0.717) is 10.6 Å². The van der Waals surface area contributed by atoms with E-state index in [1.807, 2.05) is 0 Å². The van der Waals surface area contributed by atoms with Crippen LogP contribution in [-0.2, 0) is 10.0 Å². The molecule has 1 aliphatic rings. The molecule has 1 saturated carbocycles. The predicted octanol–water partition coefficient (Wildman–Crippen LogP) is 2.23. The number of aryl methyl sites for hydroxylation is 1. The number of halogens is 2. The fourth-order valence-corrected chi connectivity index (χ4v) is 3.63. The molecule has 0 heterocycles. The number of hydrogen-bond donors (Lipinski definition) is 2. The molecular weight excluding hydrogens is 307 g/mol. The minimum atomic E-state index is -3.54. The highest BCUT2D eigenvalue weighted by atomic mass is 35.5. The van der Waals surface area contributed by atoms with Crippen molar-refractivity contribution in [1.82, 2.24) is 4.72 Å². The van der Waals surface area contributed by atoms with Crippen molar-refractivity contribution in [3.05, 3.63) is 28.8 Å². The van der Waals surface area contributed by atoms with Gasteiger partial charge in [0, 0.05) is 17.1 Å². The van der Waals surface area contributed by atoms with Gasteiger partial charge in [-0.3, -0.25) is 0 Å². The summed E-state index contributed by atoms with van der Waals surface area (Å²) in [6, 6.07) is 4.83. The molecule has 0 aromatic heterocycles. The van der Waals surface area contributed by atoms with E-state index in [4.69, 9.17) is 17.3 Å². The van der Waals surface area contributed by atoms with Crippen molar-refractivity contribution in [2.24, 2.45) is 5.73 Å². The first-order chi connectivity index (χ1) is 8.32. The quantitative estimate of drug-likeness (QED) is 0.892. The molecule has 0 aliphatic heterocycles. The van der Waals surface area contributed by atoms with Gasteiger partial charge in [-0.2, -0.15) is 0 Å². The summed E-state index contributed by atoms with van der Waals surface area (Å²) in [6.45, 7) is 2.02. The summed E-state index contributed by atoms with van der Waals surface area (Å²) in [5.41, 5.74) is 6.30. The molecule has 2 rings (SSSR count). The van der Waals surface area contributed by atoms with Gasteiger partial charge in [-0.15, -0.1) is 12.4 Å². The molecule has 19 heavy (non-hydrogen) atoms. The van der Waals surface area contributed by atoms with Crippen LogP contribution in [0.2, 0.25) is 5.02 Å². The summed E-state index contributed by atoms with van der Waals surface area (Å²) in [5.74, 6) is 0. The molecule has 3 N–H and O–H groups in total. The molecule has 1 aliphatic carbocycles. The molecule has 0 amide bonds. The van der Waals surface area contributed by atoms with Crippen LogP contribution in [0.3, 0.4) is 0 Å². The highest BCUT2D eigenvalue weighted by Gasteiger charge is 2.33. The maximum Gasteiger partial charge on any atom is 0.240 e. The molecule has 0 atom stereocenters. The zero-order valence-corrected chi connectivity index (χ0v) is 13.0. The van der Waals surface area contributed by atoms with Crippen molar-refractivity contribution in [2.75, 3.05) is 6.54 Å². The minimum Gasteiger partial charge on any atom is -0.324 e. The van der Waals surface area contributed by atoms with Crippen LogP contribution in [0.15, 0.2) is 23.1 Å². The van der Waals surface area contributed by atoms with Gasteiger partial charge in [-0.1, -0.05) is 17.7 Å². The number of benzene rings is 1. The van der Waals surface area contributed by atoms with E-state index in [2.05, 4.69) is 4.72 Å². The van der Waals surface area contributed by atoms with Gasteiger partial charge in [0.2, 0.25) is 10.0 Å². The number of nitrogens with one attached hydrogen (secondary N) is 1. The minimum absolute atomic E-state index is 0. The van der Waals surface area contributed by atoms with Crippen molar-refractivity contribution in [2.45, 2.75) is 36.6 Å². The Morgan fingerprint density at radius 2 is 2.05 bits per heavy atom. The topological polar surface area (TPSA) is 72.2 Å². The normalized spacial score (nSPS) is 17.4. The first-order valence-electron chi connectivity index (χ1n) is 5.87. The van der Waals surface area contributed by atoms with Crippen molar-refractivity contribution < 1.29 is 8.42 Å². The molecule has 0 unspecified atom stereocenters. The van der Waals surface area contributed by atoms with Crippen LogP contribution in [0, 0.1) is 6.92 Å². The predicted molar refractivity (Wildman–Crippen MR) is 79.4 cm³/mol. The lowest BCUT2D eigenvalue weighted by Gasteiger charge is -2.38. The Hall–Kier alpha value is -0.330. The molecule has 1 fully saturated rings. The summed E-state index contributed by atoms with van der Waals surface area (Å²) in [5, 5.41) is 0.409. The Balaban J connectivity index is 0.00000180. The number of rotatable bonds is 4. The van der Waals surface area contributed by atoms with Gasteiger partial charge < -0.3 is 5.73 Å². The van der Waals surface area contributed by atoms with Crippen LogP contribution in [0.5, 0.6) is 0 Å². The lowest BCUT2D eigenvalue weighted by atomic mass is 9.78. The third-order valence-electron chi connectivity index (χ3n) is 3.40. The third kappa shape index (κ3) is 3.83. The molecule has 1 aromatic carbocycles.